The van der Waals surface area contributed by atoms with Crippen LogP contribution in [0.25, 0.3) is 0 Å². The van der Waals surface area contributed by atoms with Crippen LogP contribution >= 0.6 is 0 Å². The van der Waals surface area contributed by atoms with Gasteiger partial charge in [0.1, 0.15) is 0 Å². The molecule has 1 aliphatic heterocycles. The molecule has 0 aromatic rings. The number of terminal acetylenes is 1. The average molecular weight is 259 g/mol. The van der Waals surface area contributed by atoms with Gasteiger partial charge in [-0.15, -0.1) is 6.42 Å². The van der Waals surface area contributed by atoms with Crippen LogP contribution in [0.2, 0.25) is 0 Å². The molecule has 0 radical (unpaired) electrons. The first kappa shape index (κ1) is 14.5. The minimum Gasteiger partial charge on any atom is -0.314 e. The Balaban J connectivity index is 2.09. The van der Waals surface area contributed by atoms with E-state index in [4.69, 9.17) is 11.6 Å². The fourth-order valence-electron chi connectivity index (χ4n) is 2.00. The van der Waals surface area contributed by atoms with Crippen molar-refractivity contribution in [3.63, 3.8) is 0 Å². The largest absolute Gasteiger partial charge is 0.314 e. The molecule has 1 heterocycles. The molecule has 0 bridgehead atoms. The van der Waals surface area contributed by atoms with E-state index < -0.39 is 10.0 Å². The summed E-state index contributed by atoms with van der Waals surface area (Å²) in [7, 11) is -3.31. The smallest absolute Gasteiger partial charge is 0.209 e. The zero-order valence-electron chi connectivity index (χ0n) is 10.1. The normalized spacial score (nSPS) is 19.1. The van der Waals surface area contributed by atoms with Gasteiger partial charge in [0.25, 0.3) is 0 Å². The predicted octanol–water partition coefficient (Wildman–Crippen LogP) is -0.648. The minimum absolute atomic E-state index is 0.0515. The maximum Gasteiger partial charge on any atom is 0.209 e. The maximum atomic E-state index is 10.7. The summed E-state index contributed by atoms with van der Waals surface area (Å²) < 4.78 is 21.4. The monoisotopic (exact) mass is 259 g/mol. The molecule has 1 rings (SSSR count). The van der Waals surface area contributed by atoms with E-state index in [1.54, 1.807) is 0 Å². The Labute approximate surface area is 104 Å². The summed E-state index contributed by atoms with van der Waals surface area (Å²) in [4.78, 5) is 2.25. The molecule has 5 nitrogen and oxygen atoms in total. The number of hydrogen-bond acceptors (Lipinski definition) is 4. The third kappa shape index (κ3) is 6.64. The number of sulfonamides is 1. The van der Waals surface area contributed by atoms with Crippen molar-refractivity contribution in [2.75, 3.05) is 31.9 Å². The van der Waals surface area contributed by atoms with Crippen LogP contribution in [-0.2, 0) is 10.0 Å². The highest BCUT2D eigenvalue weighted by Gasteiger charge is 2.17. The van der Waals surface area contributed by atoms with E-state index >= 15 is 0 Å². The van der Waals surface area contributed by atoms with Crippen molar-refractivity contribution in [2.24, 2.45) is 5.14 Å². The Kier molecular flexibility index (Phi) is 5.92. The van der Waals surface area contributed by atoms with Crippen molar-refractivity contribution >= 4 is 10.0 Å². The first-order valence-electron chi connectivity index (χ1n) is 5.91. The van der Waals surface area contributed by atoms with Crippen LogP contribution in [-0.4, -0.2) is 51.3 Å². The maximum absolute atomic E-state index is 10.7. The standard InChI is InChI=1S/C11H21N3O2S/c1-2-7-14-8-4-11(5-9-14)13-6-3-10-17(12,15)16/h1,11,13H,3-10H2,(H2,12,15,16). The van der Waals surface area contributed by atoms with Crippen molar-refractivity contribution in [3.8, 4) is 12.3 Å². The van der Waals surface area contributed by atoms with Crippen molar-refractivity contribution in [1.82, 2.24) is 10.2 Å². The Hall–Kier alpha value is -0.610. The number of likely N-dealkylation sites (tertiary alicyclic amines) is 1. The van der Waals surface area contributed by atoms with E-state index in [2.05, 4.69) is 16.1 Å². The molecule has 6 heteroatoms. The zero-order chi connectivity index (χ0) is 12.7. The topological polar surface area (TPSA) is 75.4 Å². The van der Waals surface area contributed by atoms with Crippen molar-refractivity contribution in [2.45, 2.75) is 25.3 Å². The lowest BCUT2D eigenvalue weighted by Gasteiger charge is -2.31. The van der Waals surface area contributed by atoms with Crippen molar-refractivity contribution in [3.05, 3.63) is 0 Å². The first-order valence-corrected chi connectivity index (χ1v) is 7.62. The molecule has 0 aliphatic carbocycles. The number of rotatable bonds is 6. The quantitative estimate of drug-likeness (QED) is 0.491. The molecular weight excluding hydrogens is 238 g/mol. The van der Waals surface area contributed by atoms with Crippen LogP contribution in [0, 0.1) is 12.3 Å². The molecule has 98 valence electrons. The lowest BCUT2D eigenvalue weighted by molar-refractivity contribution is 0.218. The van der Waals surface area contributed by atoms with Gasteiger partial charge in [-0.1, -0.05) is 5.92 Å². The van der Waals surface area contributed by atoms with E-state index in [1.807, 2.05) is 0 Å². The van der Waals surface area contributed by atoms with Crippen LogP contribution in [0.15, 0.2) is 0 Å². The molecule has 0 unspecified atom stereocenters. The number of nitrogens with one attached hydrogen (secondary N) is 1. The molecule has 0 atom stereocenters. The van der Waals surface area contributed by atoms with E-state index in [9.17, 15) is 8.42 Å². The van der Waals surface area contributed by atoms with Gasteiger partial charge < -0.3 is 5.32 Å². The molecule has 1 aliphatic rings. The molecule has 0 saturated carbocycles. The minimum atomic E-state index is -3.31. The van der Waals surface area contributed by atoms with E-state index in [0.29, 0.717) is 19.0 Å². The van der Waals surface area contributed by atoms with Gasteiger partial charge in [-0.05, 0) is 25.8 Å². The number of piperidine rings is 1. The fourth-order valence-corrected chi connectivity index (χ4v) is 2.55. The van der Waals surface area contributed by atoms with Crippen molar-refractivity contribution in [1.29, 1.82) is 0 Å². The summed E-state index contributed by atoms with van der Waals surface area (Å²) in [5.74, 6) is 2.70. The highest BCUT2D eigenvalue weighted by atomic mass is 32.2. The Morgan fingerprint density at radius 3 is 2.59 bits per heavy atom. The summed E-state index contributed by atoms with van der Waals surface area (Å²) in [6.07, 6.45) is 7.96. The van der Waals surface area contributed by atoms with Crippen LogP contribution in [0.4, 0.5) is 0 Å². The molecule has 17 heavy (non-hydrogen) atoms. The third-order valence-corrected chi connectivity index (χ3v) is 3.80. The summed E-state index contributed by atoms with van der Waals surface area (Å²) >= 11 is 0. The van der Waals surface area contributed by atoms with Crippen LogP contribution in [0.3, 0.4) is 0 Å². The molecule has 1 saturated heterocycles. The lowest BCUT2D eigenvalue weighted by atomic mass is 10.1. The molecular formula is C11H21N3O2S. The van der Waals surface area contributed by atoms with E-state index in [-0.39, 0.29) is 5.75 Å². The van der Waals surface area contributed by atoms with Gasteiger partial charge in [0.05, 0.1) is 12.3 Å². The van der Waals surface area contributed by atoms with Crippen LogP contribution in [0.1, 0.15) is 19.3 Å². The Bertz CT molecular complexity index is 353. The van der Waals surface area contributed by atoms with Gasteiger partial charge in [-0.3, -0.25) is 4.90 Å². The number of nitrogens with two attached hydrogens (primary N) is 1. The van der Waals surface area contributed by atoms with Crippen LogP contribution in [0.5, 0.6) is 0 Å². The highest BCUT2D eigenvalue weighted by Crippen LogP contribution is 2.09. The molecule has 1 fully saturated rings. The average Bonchev–Trinajstić information content (AvgIpc) is 2.26. The first-order chi connectivity index (χ1) is 8.01. The second kappa shape index (κ2) is 6.97. The fraction of sp³-hybridized carbons (Fsp3) is 0.818. The van der Waals surface area contributed by atoms with Crippen molar-refractivity contribution < 1.29 is 8.42 Å². The Morgan fingerprint density at radius 1 is 1.41 bits per heavy atom. The number of primary sulfonamides is 1. The summed E-state index contributed by atoms with van der Waals surface area (Å²) in [6.45, 7) is 3.45. The molecule has 0 spiro atoms. The SMILES string of the molecule is C#CCN1CCC(NCCCS(N)(=O)=O)CC1. The molecule has 0 aromatic carbocycles. The third-order valence-electron chi connectivity index (χ3n) is 2.94. The summed E-state index contributed by atoms with van der Waals surface area (Å²) in [6, 6.07) is 0.476. The molecule has 0 amide bonds. The lowest BCUT2D eigenvalue weighted by Crippen LogP contribution is -2.43. The second-order valence-electron chi connectivity index (χ2n) is 4.43. The van der Waals surface area contributed by atoms with Gasteiger partial charge in [-0.2, -0.15) is 0 Å². The number of hydrogen-bond donors (Lipinski definition) is 2. The second-order valence-corrected chi connectivity index (χ2v) is 6.16. The van der Waals surface area contributed by atoms with Gasteiger partial charge in [0, 0.05) is 19.1 Å². The zero-order valence-corrected chi connectivity index (χ0v) is 10.9. The van der Waals surface area contributed by atoms with Gasteiger partial charge in [0.2, 0.25) is 10.0 Å². The van der Waals surface area contributed by atoms with Crippen LogP contribution < -0.4 is 10.5 Å². The summed E-state index contributed by atoms with van der Waals surface area (Å²) in [5.41, 5.74) is 0. The van der Waals surface area contributed by atoms with E-state index in [0.717, 1.165) is 32.5 Å². The van der Waals surface area contributed by atoms with Gasteiger partial charge >= 0.3 is 0 Å². The summed E-state index contributed by atoms with van der Waals surface area (Å²) in [5, 5.41) is 8.28. The molecule has 0 aromatic heterocycles. The highest BCUT2D eigenvalue weighted by molar-refractivity contribution is 7.89. The van der Waals surface area contributed by atoms with E-state index in [1.165, 1.54) is 0 Å². The molecule has 3 N–H and O–H groups in total. The number of nitrogens with zero attached hydrogens (tertiary/aromatic N) is 1. The van der Waals surface area contributed by atoms with Gasteiger partial charge in [0.15, 0.2) is 0 Å². The van der Waals surface area contributed by atoms with Gasteiger partial charge in [-0.25, -0.2) is 13.6 Å². The Morgan fingerprint density at radius 2 is 2.06 bits per heavy atom. The predicted molar refractivity (Wildman–Crippen MR) is 68.9 cm³/mol.